The Morgan fingerprint density at radius 2 is 1.76 bits per heavy atom. The maximum atomic E-state index is 9.27. The molecule has 17 heavy (non-hydrogen) atoms. The molecule has 2 N–H and O–H groups in total. The van der Waals surface area contributed by atoms with Crippen molar-refractivity contribution in [2.75, 3.05) is 21.1 Å². The van der Waals surface area contributed by atoms with Gasteiger partial charge in [0.05, 0.1) is 0 Å². The number of hydrogen-bond donors (Lipinski definition) is 2. The van der Waals surface area contributed by atoms with Gasteiger partial charge in [0.15, 0.2) is 0 Å². The Morgan fingerprint density at radius 3 is 2.18 bits per heavy atom. The van der Waals surface area contributed by atoms with Crippen LogP contribution in [0.1, 0.15) is 19.4 Å². The zero-order valence-electron chi connectivity index (χ0n) is 11.5. The summed E-state index contributed by atoms with van der Waals surface area (Å²) in [6, 6.07) is 7.80. The van der Waals surface area contributed by atoms with E-state index in [2.05, 4.69) is 38.2 Å². The van der Waals surface area contributed by atoms with E-state index in [1.165, 1.54) is 5.56 Å². The number of nitrogens with one attached hydrogen (secondary N) is 1. The third-order valence-electron chi connectivity index (χ3n) is 3.73. The van der Waals surface area contributed by atoms with Crippen LogP contribution in [-0.2, 0) is 6.42 Å². The molecular weight excluding hydrogens is 212 g/mol. The maximum Gasteiger partial charge on any atom is 0.115 e. The van der Waals surface area contributed by atoms with Gasteiger partial charge in [0.2, 0.25) is 0 Å². The minimum atomic E-state index is 0.0760. The normalized spacial score (nSPS) is 14.0. The standard InChI is InChI=1S/C14H24N2O/c1-14(2,16(4)5)13(15-3)10-11-6-8-12(17)9-7-11/h6-9,13,15,17H,10H2,1-5H3. The molecule has 0 aliphatic carbocycles. The number of phenolic OH excluding ortho intramolecular Hbond substituents is 1. The fourth-order valence-corrected chi connectivity index (χ4v) is 1.88. The number of benzene rings is 1. The highest BCUT2D eigenvalue weighted by Crippen LogP contribution is 2.20. The summed E-state index contributed by atoms with van der Waals surface area (Å²) >= 11 is 0. The lowest BCUT2D eigenvalue weighted by Gasteiger charge is -2.40. The molecule has 0 saturated carbocycles. The molecule has 0 radical (unpaired) electrons. The van der Waals surface area contributed by atoms with Crippen molar-refractivity contribution in [2.45, 2.75) is 31.8 Å². The third kappa shape index (κ3) is 3.45. The van der Waals surface area contributed by atoms with Crippen molar-refractivity contribution < 1.29 is 5.11 Å². The summed E-state index contributed by atoms with van der Waals surface area (Å²) in [4.78, 5) is 2.23. The molecule has 0 aliphatic heterocycles. The molecule has 1 atom stereocenters. The SMILES string of the molecule is CNC(Cc1ccc(O)cc1)C(C)(C)N(C)C. The first-order valence-corrected chi connectivity index (χ1v) is 6.00. The largest absolute Gasteiger partial charge is 0.508 e. The zero-order chi connectivity index (χ0) is 13.1. The van der Waals surface area contributed by atoms with Gasteiger partial charge in [-0.1, -0.05) is 12.1 Å². The van der Waals surface area contributed by atoms with Crippen LogP contribution < -0.4 is 5.32 Å². The van der Waals surface area contributed by atoms with Crippen molar-refractivity contribution in [3.8, 4) is 5.75 Å². The number of rotatable bonds is 5. The van der Waals surface area contributed by atoms with Crippen LogP contribution in [0.4, 0.5) is 0 Å². The van der Waals surface area contributed by atoms with Crippen LogP contribution in [0, 0.1) is 0 Å². The Labute approximate surface area is 104 Å². The highest BCUT2D eigenvalue weighted by molar-refractivity contribution is 5.26. The Balaban J connectivity index is 2.80. The van der Waals surface area contributed by atoms with E-state index in [0.717, 1.165) is 6.42 Å². The van der Waals surface area contributed by atoms with E-state index in [1.54, 1.807) is 12.1 Å². The lowest BCUT2D eigenvalue weighted by atomic mass is 9.88. The van der Waals surface area contributed by atoms with E-state index < -0.39 is 0 Å². The minimum Gasteiger partial charge on any atom is -0.508 e. The van der Waals surface area contributed by atoms with Gasteiger partial charge in [-0.15, -0.1) is 0 Å². The summed E-state index contributed by atoms with van der Waals surface area (Å²) in [5, 5.41) is 12.7. The van der Waals surface area contributed by atoms with Crippen LogP contribution in [0.25, 0.3) is 0 Å². The average molecular weight is 236 g/mol. The highest BCUT2D eigenvalue weighted by Gasteiger charge is 2.30. The number of aromatic hydroxyl groups is 1. The molecule has 3 heteroatoms. The molecule has 0 aliphatic rings. The Bertz CT molecular complexity index is 344. The molecule has 1 unspecified atom stereocenters. The summed E-state index contributed by atoms with van der Waals surface area (Å²) in [6.07, 6.45) is 0.946. The molecule has 0 aromatic heterocycles. The molecule has 1 aromatic carbocycles. The van der Waals surface area contributed by atoms with Crippen LogP contribution >= 0.6 is 0 Å². The van der Waals surface area contributed by atoms with E-state index in [1.807, 2.05) is 19.2 Å². The average Bonchev–Trinajstić information content (AvgIpc) is 2.27. The Hall–Kier alpha value is -1.06. The first-order valence-electron chi connectivity index (χ1n) is 6.00. The van der Waals surface area contributed by atoms with Crippen molar-refractivity contribution in [1.29, 1.82) is 0 Å². The van der Waals surface area contributed by atoms with Crippen molar-refractivity contribution >= 4 is 0 Å². The topological polar surface area (TPSA) is 35.5 Å². The van der Waals surface area contributed by atoms with Crippen molar-refractivity contribution in [1.82, 2.24) is 10.2 Å². The Kier molecular flexibility index (Phi) is 4.54. The van der Waals surface area contributed by atoms with Gasteiger partial charge in [0.25, 0.3) is 0 Å². The van der Waals surface area contributed by atoms with Gasteiger partial charge in [-0.05, 0) is 59.1 Å². The molecule has 0 fully saturated rings. The smallest absolute Gasteiger partial charge is 0.115 e. The third-order valence-corrected chi connectivity index (χ3v) is 3.73. The molecule has 1 aromatic rings. The van der Waals surface area contributed by atoms with E-state index in [0.29, 0.717) is 11.8 Å². The van der Waals surface area contributed by atoms with Crippen LogP contribution in [-0.4, -0.2) is 42.7 Å². The van der Waals surface area contributed by atoms with Gasteiger partial charge in [0, 0.05) is 11.6 Å². The van der Waals surface area contributed by atoms with E-state index in [9.17, 15) is 5.11 Å². The van der Waals surface area contributed by atoms with Crippen molar-refractivity contribution in [3.63, 3.8) is 0 Å². The van der Waals surface area contributed by atoms with Gasteiger partial charge in [-0.25, -0.2) is 0 Å². The fourth-order valence-electron chi connectivity index (χ4n) is 1.88. The molecule has 0 spiro atoms. The highest BCUT2D eigenvalue weighted by atomic mass is 16.3. The van der Waals surface area contributed by atoms with Crippen molar-refractivity contribution in [3.05, 3.63) is 29.8 Å². The van der Waals surface area contributed by atoms with Gasteiger partial charge in [-0.2, -0.15) is 0 Å². The lowest BCUT2D eigenvalue weighted by molar-refractivity contribution is 0.141. The van der Waals surface area contributed by atoms with Crippen LogP contribution in [0.5, 0.6) is 5.75 Å². The van der Waals surface area contributed by atoms with Crippen LogP contribution in [0.2, 0.25) is 0 Å². The van der Waals surface area contributed by atoms with Crippen molar-refractivity contribution in [2.24, 2.45) is 0 Å². The summed E-state index contributed by atoms with van der Waals surface area (Å²) in [6.45, 7) is 4.46. The predicted octanol–water partition coefficient (Wildman–Crippen LogP) is 1.86. The first kappa shape index (κ1) is 14.0. The second kappa shape index (κ2) is 5.52. The van der Waals surface area contributed by atoms with Gasteiger partial charge < -0.3 is 15.3 Å². The zero-order valence-corrected chi connectivity index (χ0v) is 11.5. The number of hydrogen-bond acceptors (Lipinski definition) is 3. The van der Waals surface area contributed by atoms with Crippen LogP contribution in [0.15, 0.2) is 24.3 Å². The monoisotopic (exact) mass is 236 g/mol. The molecule has 96 valence electrons. The molecular formula is C14H24N2O. The van der Waals surface area contributed by atoms with Gasteiger partial charge >= 0.3 is 0 Å². The van der Waals surface area contributed by atoms with Crippen LogP contribution in [0.3, 0.4) is 0 Å². The lowest BCUT2D eigenvalue weighted by Crippen LogP contribution is -2.55. The molecule has 0 heterocycles. The van der Waals surface area contributed by atoms with Gasteiger partial charge in [0.1, 0.15) is 5.75 Å². The molecule has 1 rings (SSSR count). The first-order chi connectivity index (χ1) is 7.87. The van der Waals surface area contributed by atoms with E-state index in [-0.39, 0.29) is 5.54 Å². The second-order valence-corrected chi connectivity index (χ2v) is 5.26. The summed E-state index contributed by atoms with van der Waals surface area (Å²) in [7, 11) is 6.19. The minimum absolute atomic E-state index is 0.0760. The molecule has 3 nitrogen and oxygen atoms in total. The van der Waals surface area contributed by atoms with E-state index >= 15 is 0 Å². The second-order valence-electron chi connectivity index (χ2n) is 5.26. The maximum absolute atomic E-state index is 9.27. The predicted molar refractivity (Wildman–Crippen MR) is 72.4 cm³/mol. The number of phenols is 1. The number of nitrogens with zero attached hydrogens (tertiary/aromatic N) is 1. The van der Waals surface area contributed by atoms with E-state index in [4.69, 9.17) is 0 Å². The molecule has 0 bridgehead atoms. The molecule has 0 saturated heterocycles. The quantitative estimate of drug-likeness (QED) is 0.819. The summed E-state index contributed by atoms with van der Waals surface area (Å²) < 4.78 is 0. The summed E-state index contributed by atoms with van der Waals surface area (Å²) in [5.41, 5.74) is 1.31. The summed E-state index contributed by atoms with van der Waals surface area (Å²) in [5.74, 6) is 0.321. The Morgan fingerprint density at radius 1 is 1.24 bits per heavy atom. The fraction of sp³-hybridized carbons (Fsp3) is 0.571. The molecule has 0 amide bonds. The van der Waals surface area contributed by atoms with Gasteiger partial charge in [-0.3, -0.25) is 0 Å². The number of likely N-dealkylation sites (N-methyl/N-ethyl adjacent to an activating group) is 2.